The van der Waals surface area contributed by atoms with Crippen molar-refractivity contribution in [2.75, 3.05) is 33.2 Å². The van der Waals surface area contributed by atoms with Crippen molar-refractivity contribution in [2.45, 2.75) is 45.7 Å². The van der Waals surface area contributed by atoms with Crippen LogP contribution in [0.25, 0.3) is 0 Å². The predicted molar refractivity (Wildman–Crippen MR) is 110 cm³/mol. The van der Waals surface area contributed by atoms with Crippen LogP contribution in [0.5, 0.6) is 0 Å². The Balaban J connectivity index is 1.74. The molecule has 0 bridgehead atoms. The molecule has 2 N–H and O–H groups in total. The molecular formula is C22H33N4O2+. The van der Waals surface area contributed by atoms with Gasteiger partial charge in [0.05, 0.1) is 43.5 Å². The Labute approximate surface area is 168 Å². The van der Waals surface area contributed by atoms with Crippen LogP contribution < -0.4 is 10.2 Å². The highest BCUT2D eigenvalue weighted by Gasteiger charge is 2.43. The van der Waals surface area contributed by atoms with Gasteiger partial charge in [-0.2, -0.15) is 0 Å². The van der Waals surface area contributed by atoms with Crippen LogP contribution >= 0.6 is 0 Å². The number of urea groups is 1. The topological polar surface area (TPSA) is 57.1 Å². The first-order valence-electron chi connectivity index (χ1n) is 10.4. The minimum Gasteiger partial charge on any atom is -0.335 e. The number of nitrogens with one attached hydrogen (secondary N) is 2. The van der Waals surface area contributed by atoms with E-state index in [1.807, 2.05) is 35.2 Å². The van der Waals surface area contributed by atoms with E-state index in [0.29, 0.717) is 6.54 Å². The molecule has 0 aliphatic carbocycles. The van der Waals surface area contributed by atoms with Gasteiger partial charge in [-0.3, -0.25) is 9.69 Å². The molecule has 6 heteroatoms. The molecule has 0 unspecified atom stereocenters. The van der Waals surface area contributed by atoms with Crippen molar-refractivity contribution < 1.29 is 14.5 Å². The molecule has 0 aromatic heterocycles. The number of amides is 3. The molecule has 0 saturated carbocycles. The summed E-state index contributed by atoms with van der Waals surface area (Å²) in [5.41, 5.74) is 2.50. The summed E-state index contributed by atoms with van der Waals surface area (Å²) in [7, 11) is 1.75. The number of hydrogen-bond acceptors (Lipinski definition) is 2. The highest BCUT2D eigenvalue weighted by molar-refractivity contribution is 6.01. The Kier molecular flexibility index (Phi) is 6.39. The van der Waals surface area contributed by atoms with E-state index >= 15 is 0 Å². The highest BCUT2D eigenvalue weighted by Crippen LogP contribution is 2.36. The number of likely N-dealkylation sites (N-methyl/N-ethyl adjacent to an activating group) is 1. The van der Waals surface area contributed by atoms with Crippen molar-refractivity contribution in [2.24, 2.45) is 0 Å². The van der Waals surface area contributed by atoms with Gasteiger partial charge in [0.15, 0.2) is 0 Å². The molecule has 28 heavy (non-hydrogen) atoms. The van der Waals surface area contributed by atoms with Crippen molar-refractivity contribution in [1.82, 2.24) is 15.1 Å². The second kappa shape index (κ2) is 8.78. The third-order valence-electron chi connectivity index (χ3n) is 6.21. The number of rotatable bonds is 8. The number of carbonyl (C=O) groups excluding carboxylic acids is 2. The zero-order valence-corrected chi connectivity index (χ0v) is 17.5. The molecular weight excluding hydrogens is 352 g/mol. The summed E-state index contributed by atoms with van der Waals surface area (Å²) in [5, 5.41) is 3.00. The van der Waals surface area contributed by atoms with Gasteiger partial charge in [0.1, 0.15) is 0 Å². The average molecular weight is 386 g/mol. The zero-order valence-electron chi connectivity index (χ0n) is 17.5. The number of nitrogens with zero attached hydrogens (tertiary/aromatic N) is 2. The second-order valence-corrected chi connectivity index (χ2v) is 7.84. The molecule has 1 aromatic carbocycles. The van der Waals surface area contributed by atoms with Gasteiger partial charge in [-0.25, -0.2) is 4.79 Å². The van der Waals surface area contributed by atoms with E-state index < -0.39 is 0 Å². The first kappa shape index (κ1) is 20.4. The van der Waals surface area contributed by atoms with Crippen LogP contribution in [0.4, 0.5) is 4.79 Å². The maximum absolute atomic E-state index is 13.3. The fourth-order valence-corrected chi connectivity index (χ4v) is 4.25. The lowest BCUT2D eigenvalue weighted by Gasteiger charge is -2.31. The lowest BCUT2D eigenvalue weighted by molar-refractivity contribution is -0.896. The molecule has 2 aliphatic heterocycles. The second-order valence-electron chi connectivity index (χ2n) is 7.84. The van der Waals surface area contributed by atoms with Crippen LogP contribution in [0.2, 0.25) is 0 Å². The fourth-order valence-electron chi connectivity index (χ4n) is 4.25. The van der Waals surface area contributed by atoms with Crippen molar-refractivity contribution in [3.8, 4) is 0 Å². The molecule has 0 fully saturated rings. The number of hydrogen-bond donors (Lipinski definition) is 2. The molecule has 0 saturated heterocycles. The minimum absolute atomic E-state index is 0.0541. The first-order chi connectivity index (χ1) is 13.5. The molecule has 2 atom stereocenters. The van der Waals surface area contributed by atoms with Gasteiger partial charge >= 0.3 is 6.03 Å². The average Bonchev–Trinajstić information content (AvgIpc) is 3.06. The number of quaternary nitrogens is 1. The quantitative estimate of drug-likeness (QED) is 0.714. The molecule has 6 nitrogen and oxygen atoms in total. The lowest BCUT2D eigenvalue weighted by Crippen LogP contribution is -3.11. The first-order valence-corrected chi connectivity index (χ1v) is 10.4. The van der Waals surface area contributed by atoms with Gasteiger partial charge < -0.3 is 15.1 Å². The SMILES string of the molecule is CC[NH+](CC)CCC[C@@H](C)N1CC2=C(C1=O)[C@H](c1ccccc1)NC(=O)N2C. The predicted octanol–water partition coefficient (Wildman–Crippen LogP) is 1.57. The molecule has 3 amide bonds. The zero-order chi connectivity index (χ0) is 20.3. The van der Waals surface area contributed by atoms with Gasteiger partial charge in [0.2, 0.25) is 0 Å². The fraction of sp³-hybridized carbons (Fsp3) is 0.545. The number of carbonyl (C=O) groups is 2. The van der Waals surface area contributed by atoms with Crippen LogP contribution in [-0.2, 0) is 4.79 Å². The van der Waals surface area contributed by atoms with Crippen LogP contribution in [0.15, 0.2) is 41.6 Å². The summed E-state index contributed by atoms with van der Waals surface area (Å²) in [6.45, 7) is 10.5. The molecule has 2 heterocycles. The standard InChI is InChI=1S/C22H32N4O2/c1-5-25(6-2)14-10-11-16(3)26-15-18-19(21(26)27)20(23-22(28)24(18)4)17-12-8-7-9-13-17/h7-9,12-13,16,20H,5-6,10-11,14-15H2,1-4H3,(H,23,28)/p+1/t16-,20+/m1/s1. The van der Waals surface area contributed by atoms with E-state index in [0.717, 1.165) is 49.3 Å². The normalized spacial score (nSPS) is 20.7. The monoisotopic (exact) mass is 385 g/mol. The summed E-state index contributed by atoms with van der Waals surface area (Å²) >= 11 is 0. The maximum atomic E-state index is 13.3. The summed E-state index contributed by atoms with van der Waals surface area (Å²) < 4.78 is 0. The smallest absolute Gasteiger partial charge is 0.322 e. The van der Waals surface area contributed by atoms with Crippen molar-refractivity contribution in [3.05, 3.63) is 47.2 Å². The summed E-state index contributed by atoms with van der Waals surface area (Å²) in [6, 6.07) is 9.39. The molecule has 0 spiro atoms. The molecule has 1 aromatic rings. The Morgan fingerprint density at radius 1 is 1.18 bits per heavy atom. The van der Waals surface area contributed by atoms with Gasteiger partial charge in [-0.1, -0.05) is 30.3 Å². The van der Waals surface area contributed by atoms with Crippen molar-refractivity contribution >= 4 is 11.9 Å². The van der Waals surface area contributed by atoms with E-state index in [9.17, 15) is 9.59 Å². The van der Waals surface area contributed by atoms with Crippen molar-refractivity contribution in [3.63, 3.8) is 0 Å². The molecule has 3 rings (SSSR count). The summed E-state index contributed by atoms with van der Waals surface area (Å²) in [4.78, 5) is 30.9. The Morgan fingerprint density at radius 2 is 1.86 bits per heavy atom. The van der Waals surface area contributed by atoms with Crippen LogP contribution in [-0.4, -0.2) is 61.0 Å². The third kappa shape index (κ3) is 3.92. The van der Waals surface area contributed by atoms with Crippen LogP contribution in [0.3, 0.4) is 0 Å². The Morgan fingerprint density at radius 3 is 2.50 bits per heavy atom. The largest absolute Gasteiger partial charge is 0.335 e. The highest BCUT2D eigenvalue weighted by atomic mass is 16.2. The minimum atomic E-state index is -0.371. The van der Waals surface area contributed by atoms with Crippen LogP contribution in [0.1, 0.15) is 45.2 Å². The van der Waals surface area contributed by atoms with E-state index in [2.05, 4.69) is 26.1 Å². The van der Waals surface area contributed by atoms with E-state index in [1.165, 1.54) is 0 Å². The van der Waals surface area contributed by atoms with Crippen molar-refractivity contribution in [1.29, 1.82) is 0 Å². The molecule has 152 valence electrons. The lowest BCUT2D eigenvalue weighted by atomic mass is 9.96. The summed E-state index contributed by atoms with van der Waals surface area (Å²) in [6.07, 6.45) is 2.08. The van der Waals surface area contributed by atoms with E-state index in [4.69, 9.17) is 0 Å². The Hall–Kier alpha value is -2.34. The van der Waals surface area contributed by atoms with Crippen LogP contribution in [0, 0.1) is 0 Å². The third-order valence-corrected chi connectivity index (χ3v) is 6.21. The van der Waals surface area contributed by atoms with Gasteiger partial charge in [0.25, 0.3) is 5.91 Å². The van der Waals surface area contributed by atoms with Gasteiger partial charge in [0, 0.05) is 13.1 Å². The maximum Gasteiger partial charge on any atom is 0.322 e. The number of benzene rings is 1. The van der Waals surface area contributed by atoms with E-state index in [1.54, 1.807) is 16.8 Å². The van der Waals surface area contributed by atoms with Gasteiger partial charge in [-0.15, -0.1) is 0 Å². The molecule has 2 aliphatic rings. The molecule has 0 radical (unpaired) electrons. The van der Waals surface area contributed by atoms with E-state index in [-0.39, 0.29) is 24.0 Å². The Bertz CT molecular complexity index is 742. The van der Waals surface area contributed by atoms with Gasteiger partial charge in [-0.05, 0) is 39.2 Å². The summed E-state index contributed by atoms with van der Waals surface area (Å²) in [5.74, 6) is 0.0541.